The lowest BCUT2D eigenvalue weighted by Gasteiger charge is -2.04. The highest BCUT2D eigenvalue weighted by Crippen LogP contribution is 1.84. The maximum Gasteiger partial charge on any atom is 0.0777 e. The first kappa shape index (κ1) is 6.92. The Morgan fingerprint density at radius 2 is 2.29 bits per heavy atom. The number of hydrogen-bond acceptors (Lipinski definition) is 2. The van der Waals surface area contributed by atoms with Crippen molar-refractivity contribution in [2.45, 2.75) is 20.0 Å². The molecule has 0 aliphatic heterocycles. The van der Waals surface area contributed by atoms with Gasteiger partial charge in [0.2, 0.25) is 0 Å². The zero-order valence-electron chi connectivity index (χ0n) is 4.85. The molecule has 0 aromatic heterocycles. The first-order valence-electron chi connectivity index (χ1n) is 2.53. The molecular weight excluding hydrogens is 92.1 g/mol. The molecule has 0 aliphatic carbocycles. The van der Waals surface area contributed by atoms with Crippen molar-refractivity contribution in [3.63, 3.8) is 0 Å². The molecule has 0 saturated carbocycles. The van der Waals surface area contributed by atoms with Gasteiger partial charge in [-0.05, 0) is 13.8 Å². The van der Waals surface area contributed by atoms with E-state index in [1.54, 1.807) is 0 Å². The van der Waals surface area contributed by atoms with Gasteiger partial charge in [-0.2, -0.15) is 0 Å². The fourth-order valence-electron chi connectivity index (χ4n) is 0.337. The van der Waals surface area contributed by atoms with Crippen LogP contribution in [0.3, 0.4) is 0 Å². The third kappa shape index (κ3) is 3.76. The minimum atomic E-state index is 0.00463. The summed E-state index contributed by atoms with van der Waals surface area (Å²) in [5.41, 5.74) is 0. The van der Waals surface area contributed by atoms with E-state index in [9.17, 15) is 0 Å². The first-order valence-corrected chi connectivity index (χ1v) is 2.53. The van der Waals surface area contributed by atoms with Crippen LogP contribution in [0, 0.1) is 0 Å². The third-order valence-electron chi connectivity index (χ3n) is 0.708. The molecule has 0 fully saturated rings. The van der Waals surface area contributed by atoms with Crippen molar-refractivity contribution in [2.24, 2.45) is 0 Å². The Labute approximate surface area is 44.1 Å². The van der Waals surface area contributed by atoms with Crippen molar-refractivity contribution < 1.29 is 9.84 Å². The molecule has 2 heteroatoms. The predicted octanol–water partition coefficient (Wildman–Crippen LogP) is 0.404. The molecule has 0 radical (unpaired) electrons. The second-order valence-corrected chi connectivity index (χ2v) is 1.45. The quantitative estimate of drug-likeness (QED) is 0.561. The summed E-state index contributed by atoms with van der Waals surface area (Å²) in [5, 5.41) is 8.34. The summed E-state index contributed by atoms with van der Waals surface area (Å²) in [6.45, 7) is 4.55. The van der Waals surface area contributed by atoms with E-state index in [0.29, 0.717) is 6.61 Å². The number of aliphatic hydroxyl groups is 1. The standard InChI is InChI=1S/C5H12O2/c1-3-7-5(2)4-6/h5-6H,3-4H2,1-2H3/t5-/m1/s1. The first-order chi connectivity index (χ1) is 3.31. The number of rotatable bonds is 3. The van der Waals surface area contributed by atoms with Crippen molar-refractivity contribution >= 4 is 0 Å². The average molecular weight is 104 g/mol. The summed E-state index contributed by atoms with van der Waals surface area (Å²) < 4.78 is 4.94. The van der Waals surface area contributed by atoms with E-state index >= 15 is 0 Å². The van der Waals surface area contributed by atoms with E-state index in [1.165, 1.54) is 0 Å². The number of hydrogen-bond donors (Lipinski definition) is 1. The van der Waals surface area contributed by atoms with E-state index in [2.05, 4.69) is 0 Å². The summed E-state index contributed by atoms with van der Waals surface area (Å²) in [4.78, 5) is 0. The Bertz CT molecular complexity index is 37.1. The van der Waals surface area contributed by atoms with Gasteiger partial charge >= 0.3 is 0 Å². The monoisotopic (exact) mass is 104 g/mol. The third-order valence-corrected chi connectivity index (χ3v) is 0.708. The van der Waals surface area contributed by atoms with Crippen molar-refractivity contribution in [1.29, 1.82) is 0 Å². The van der Waals surface area contributed by atoms with Crippen LogP contribution < -0.4 is 0 Å². The van der Waals surface area contributed by atoms with Gasteiger partial charge in [0.15, 0.2) is 0 Å². The lowest BCUT2D eigenvalue weighted by atomic mass is 10.4. The highest BCUT2D eigenvalue weighted by molar-refractivity contribution is 4.40. The lowest BCUT2D eigenvalue weighted by molar-refractivity contribution is 0.0325. The van der Waals surface area contributed by atoms with Crippen molar-refractivity contribution in [1.82, 2.24) is 0 Å². The second-order valence-electron chi connectivity index (χ2n) is 1.45. The molecule has 44 valence electrons. The molecule has 1 atom stereocenters. The average Bonchev–Trinajstić information content (AvgIpc) is 1.68. The number of ether oxygens (including phenoxy) is 1. The number of aliphatic hydroxyl groups excluding tert-OH is 1. The molecule has 0 unspecified atom stereocenters. The van der Waals surface area contributed by atoms with Gasteiger partial charge in [-0.1, -0.05) is 0 Å². The van der Waals surface area contributed by atoms with Crippen LogP contribution in [0.15, 0.2) is 0 Å². The van der Waals surface area contributed by atoms with E-state index < -0.39 is 0 Å². The molecule has 1 N–H and O–H groups in total. The van der Waals surface area contributed by atoms with Crippen LogP contribution in [0.2, 0.25) is 0 Å². The molecule has 0 amide bonds. The summed E-state index contributed by atoms with van der Waals surface area (Å²) in [5.74, 6) is 0. The normalized spacial score (nSPS) is 14.1. The van der Waals surface area contributed by atoms with Gasteiger partial charge in [-0.15, -0.1) is 0 Å². The molecular formula is C5H12O2. The van der Waals surface area contributed by atoms with Gasteiger partial charge < -0.3 is 9.84 Å². The van der Waals surface area contributed by atoms with Crippen LogP contribution in [-0.4, -0.2) is 24.4 Å². The van der Waals surface area contributed by atoms with Gasteiger partial charge in [-0.3, -0.25) is 0 Å². The molecule has 0 heterocycles. The van der Waals surface area contributed by atoms with E-state index in [4.69, 9.17) is 9.84 Å². The SMILES string of the molecule is CCO[C@H](C)CO. The van der Waals surface area contributed by atoms with Crippen LogP contribution in [0.25, 0.3) is 0 Å². The Hall–Kier alpha value is -0.0800. The van der Waals surface area contributed by atoms with Crippen LogP contribution in [0.5, 0.6) is 0 Å². The molecule has 0 spiro atoms. The molecule has 0 rings (SSSR count). The highest BCUT2D eigenvalue weighted by Gasteiger charge is 1.93. The summed E-state index contributed by atoms with van der Waals surface area (Å²) in [6, 6.07) is 0. The van der Waals surface area contributed by atoms with E-state index in [1.807, 2.05) is 13.8 Å². The minimum absolute atomic E-state index is 0.00463. The molecule has 0 aliphatic rings. The summed E-state index contributed by atoms with van der Waals surface area (Å²) >= 11 is 0. The van der Waals surface area contributed by atoms with Crippen molar-refractivity contribution in [3.8, 4) is 0 Å². The fraction of sp³-hybridized carbons (Fsp3) is 1.00. The lowest BCUT2D eigenvalue weighted by Crippen LogP contribution is -2.11. The molecule has 0 aromatic rings. The molecule has 7 heavy (non-hydrogen) atoms. The van der Waals surface area contributed by atoms with Gasteiger partial charge in [-0.25, -0.2) is 0 Å². The Balaban J connectivity index is 2.83. The van der Waals surface area contributed by atoms with Gasteiger partial charge in [0.05, 0.1) is 12.7 Å². The van der Waals surface area contributed by atoms with Crippen LogP contribution in [0.4, 0.5) is 0 Å². The Morgan fingerprint density at radius 3 is 2.43 bits per heavy atom. The maximum absolute atomic E-state index is 8.34. The van der Waals surface area contributed by atoms with Gasteiger partial charge in [0.25, 0.3) is 0 Å². The molecule has 0 aromatic carbocycles. The molecule has 0 saturated heterocycles. The highest BCUT2D eigenvalue weighted by atomic mass is 16.5. The van der Waals surface area contributed by atoms with Gasteiger partial charge in [0.1, 0.15) is 0 Å². The van der Waals surface area contributed by atoms with Crippen molar-refractivity contribution in [2.75, 3.05) is 13.2 Å². The molecule has 2 nitrogen and oxygen atoms in total. The van der Waals surface area contributed by atoms with Crippen LogP contribution >= 0.6 is 0 Å². The van der Waals surface area contributed by atoms with Gasteiger partial charge in [0, 0.05) is 6.61 Å². The predicted molar refractivity (Wildman–Crippen MR) is 28.2 cm³/mol. The second kappa shape index (κ2) is 4.09. The van der Waals surface area contributed by atoms with E-state index in [0.717, 1.165) is 0 Å². The Morgan fingerprint density at radius 1 is 1.71 bits per heavy atom. The summed E-state index contributed by atoms with van der Waals surface area (Å²) in [7, 11) is 0. The minimum Gasteiger partial charge on any atom is -0.394 e. The smallest absolute Gasteiger partial charge is 0.0777 e. The zero-order valence-corrected chi connectivity index (χ0v) is 4.85. The topological polar surface area (TPSA) is 29.5 Å². The zero-order chi connectivity index (χ0) is 5.70. The van der Waals surface area contributed by atoms with E-state index in [-0.39, 0.29) is 12.7 Å². The fourth-order valence-corrected chi connectivity index (χ4v) is 0.337. The Kier molecular flexibility index (Phi) is 4.04. The van der Waals surface area contributed by atoms with Crippen LogP contribution in [0.1, 0.15) is 13.8 Å². The molecule has 0 bridgehead atoms. The van der Waals surface area contributed by atoms with Crippen LogP contribution in [-0.2, 0) is 4.74 Å². The van der Waals surface area contributed by atoms with Crippen molar-refractivity contribution in [3.05, 3.63) is 0 Å². The summed E-state index contributed by atoms with van der Waals surface area (Å²) in [6.07, 6.45) is 0.00463. The maximum atomic E-state index is 8.34. The largest absolute Gasteiger partial charge is 0.394 e.